The number of aromatic amines is 1. The molecule has 0 saturated carbocycles. The largest absolute Gasteiger partial charge is 0.434 e. The molecular formula is C24H19F3N8O. The van der Waals surface area contributed by atoms with Crippen molar-refractivity contribution in [3.8, 4) is 22.8 Å². The molecule has 1 amide bonds. The summed E-state index contributed by atoms with van der Waals surface area (Å²) in [7, 11) is 1.52. The highest BCUT2D eigenvalue weighted by molar-refractivity contribution is 5.94. The molecule has 36 heavy (non-hydrogen) atoms. The van der Waals surface area contributed by atoms with Crippen molar-refractivity contribution in [2.24, 2.45) is 12.8 Å². The number of carbonyl (C=O) groups excluding carboxylic acids is 1. The number of nitrogens with zero attached hydrogens (tertiary/aromatic N) is 5. The molecule has 0 unspecified atom stereocenters. The molecule has 3 aromatic heterocycles. The van der Waals surface area contributed by atoms with Crippen molar-refractivity contribution in [3.63, 3.8) is 0 Å². The molecule has 0 spiro atoms. The monoisotopic (exact) mass is 492 g/mol. The van der Waals surface area contributed by atoms with Crippen LogP contribution in [0.4, 0.5) is 19.0 Å². The first-order valence-corrected chi connectivity index (χ1v) is 10.7. The second-order valence-corrected chi connectivity index (χ2v) is 8.05. The minimum atomic E-state index is -4.50. The summed E-state index contributed by atoms with van der Waals surface area (Å²) in [6.07, 6.45) is -2.04. The number of aryl methyl sites for hydroxylation is 1. The number of H-pyrrole nitrogens is 1. The van der Waals surface area contributed by atoms with Crippen molar-refractivity contribution in [2.75, 3.05) is 5.32 Å². The predicted octanol–water partition coefficient (Wildman–Crippen LogP) is 4.15. The molecule has 0 aliphatic carbocycles. The van der Waals surface area contributed by atoms with Crippen molar-refractivity contribution >= 4 is 22.9 Å². The van der Waals surface area contributed by atoms with E-state index in [4.69, 9.17) is 5.73 Å². The Kier molecular flexibility index (Phi) is 5.63. The second-order valence-electron chi connectivity index (χ2n) is 8.05. The van der Waals surface area contributed by atoms with Crippen LogP contribution in [0.25, 0.3) is 33.9 Å². The lowest BCUT2D eigenvalue weighted by atomic mass is 10.1. The Labute approximate surface area is 202 Å². The van der Waals surface area contributed by atoms with Gasteiger partial charge in [-0.25, -0.2) is 19.9 Å². The van der Waals surface area contributed by atoms with Crippen LogP contribution in [0.2, 0.25) is 0 Å². The minimum absolute atomic E-state index is 0.222. The number of amides is 1. The highest BCUT2D eigenvalue weighted by Gasteiger charge is 2.34. The number of alkyl halides is 3. The predicted molar refractivity (Wildman–Crippen MR) is 127 cm³/mol. The number of carbonyl (C=O) groups is 1. The van der Waals surface area contributed by atoms with Crippen molar-refractivity contribution in [3.05, 3.63) is 77.9 Å². The van der Waals surface area contributed by atoms with Gasteiger partial charge in [0.2, 0.25) is 5.91 Å². The number of hydrogen-bond donors (Lipinski definition) is 3. The summed E-state index contributed by atoms with van der Waals surface area (Å²) in [5.74, 6) is 0.532. The first kappa shape index (κ1) is 23.0. The molecular weight excluding hydrogens is 473 g/mol. The van der Waals surface area contributed by atoms with Gasteiger partial charge in [-0.05, 0) is 17.7 Å². The van der Waals surface area contributed by atoms with Gasteiger partial charge >= 0.3 is 6.18 Å². The van der Waals surface area contributed by atoms with Gasteiger partial charge in [0.25, 0.3) is 0 Å². The van der Waals surface area contributed by atoms with Gasteiger partial charge in [0.05, 0.1) is 6.33 Å². The molecule has 9 nitrogen and oxygen atoms in total. The van der Waals surface area contributed by atoms with Crippen LogP contribution >= 0.6 is 0 Å². The van der Waals surface area contributed by atoms with E-state index in [2.05, 4.69) is 30.2 Å². The van der Waals surface area contributed by atoms with Crippen LogP contribution in [-0.2, 0) is 19.8 Å². The van der Waals surface area contributed by atoms with Crippen LogP contribution in [0.1, 0.15) is 21.6 Å². The maximum atomic E-state index is 13.0. The standard InChI is InChI=1S/C24H19F3N8O/c1-35-11-17(24(25,26)27)32-23(35)14-7-5-13(6-8-14)10-29-21-18-22(31-12-30-18)34-20(33-21)16-4-2-3-15(9-16)19(28)36/h2-9,11-12H,10H2,1H3,(H2,28,36)(H2,29,30,31,33,34). The van der Waals surface area contributed by atoms with Crippen molar-refractivity contribution in [1.29, 1.82) is 0 Å². The van der Waals surface area contributed by atoms with E-state index in [0.29, 0.717) is 46.0 Å². The number of nitrogens with one attached hydrogen (secondary N) is 2. The smallest absolute Gasteiger partial charge is 0.366 e. The number of imidazole rings is 2. The van der Waals surface area contributed by atoms with Crippen LogP contribution in [0, 0.1) is 0 Å². The molecule has 0 aliphatic rings. The van der Waals surface area contributed by atoms with Gasteiger partial charge in [0.15, 0.2) is 23.0 Å². The Morgan fingerprint density at radius 1 is 1.08 bits per heavy atom. The third kappa shape index (κ3) is 4.48. The molecule has 5 aromatic rings. The van der Waals surface area contributed by atoms with E-state index in [1.165, 1.54) is 17.9 Å². The van der Waals surface area contributed by atoms with Gasteiger partial charge in [-0.3, -0.25) is 4.79 Å². The van der Waals surface area contributed by atoms with Crippen molar-refractivity contribution in [2.45, 2.75) is 12.7 Å². The zero-order valence-corrected chi connectivity index (χ0v) is 18.8. The third-order valence-electron chi connectivity index (χ3n) is 5.53. The Morgan fingerprint density at radius 3 is 2.56 bits per heavy atom. The number of anilines is 1. The van der Waals surface area contributed by atoms with Crippen LogP contribution < -0.4 is 11.1 Å². The maximum Gasteiger partial charge on any atom is 0.434 e. The van der Waals surface area contributed by atoms with Gasteiger partial charge in [0.1, 0.15) is 11.3 Å². The first-order valence-electron chi connectivity index (χ1n) is 10.7. The lowest BCUT2D eigenvalue weighted by Gasteiger charge is -2.10. The van der Waals surface area contributed by atoms with E-state index < -0.39 is 17.8 Å². The molecule has 0 fully saturated rings. The lowest BCUT2D eigenvalue weighted by molar-refractivity contribution is -0.140. The minimum Gasteiger partial charge on any atom is -0.366 e. The fraction of sp³-hybridized carbons (Fsp3) is 0.125. The topological polar surface area (TPSA) is 127 Å². The number of aromatic nitrogens is 6. The SMILES string of the molecule is Cn1cc(C(F)(F)F)nc1-c1ccc(CNc2nc(-c3cccc(C(N)=O)c3)nc3nc[nH]c23)cc1. The molecule has 12 heteroatoms. The average molecular weight is 492 g/mol. The molecule has 2 aromatic carbocycles. The molecule has 5 rings (SSSR count). The molecule has 0 saturated heterocycles. The molecule has 0 radical (unpaired) electrons. The highest BCUT2D eigenvalue weighted by atomic mass is 19.4. The van der Waals surface area contributed by atoms with E-state index in [-0.39, 0.29) is 5.82 Å². The molecule has 3 heterocycles. The fourth-order valence-electron chi connectivity index (χ4n) is 3.73. The second kappa shape index (κ2) is 8.80. The number of halogens is 3. The number of fused-ring (bicyclic) bond motifs is 1. The van der Waals surface area contributed by atoms with E-state index in [1.54, 1.807) is 48.5 Å². The maximum absolute atomic E-state index is 13.0. The normalized spacial score (nSPS) is 11.7. The summed E-state index contributed by atoms with van der Waals surface area (Å²) < 4.78 is 40.3. The number of primary amides is 1. The highest BCUT2D eigenvalue weighted by Crippen LogP contribution is 2.31. The molecule has 4 N–H and O–H groups in total. The van der Waals surface area contributed by atoms with E-state index >= 15 is 0 Å². The van der Waals surface area contributed by atoms with Crippen LogP contribution in [0.3, 0.4) is 0 Å². The summed E-state index contributed by atoms with van der Waals surface area (Å²) in [4.78, 5) is 31.6. The summed E-state index contributed by atoms with van der Waals surface area (Å²) in [5, 5.41) is 3.25. The van der Waals surface area contributed by atoms with E-state index in [0.717, 1.165) is 11.8 Å². The third-order valence-corrected chi connectivity index (χ3v) is 5.53. The first-order chi connectivity index (χ1) is 17.2. The quantitative estimate of drug-likeness (QED) is 0.327. The Hall–Kier alpha value is -4.74. The van der Waals surface area contributed by atoms with Gasteiger partial charge in [-0.1, -0.05) is 36.4 Å². The Morgan fingerprint density at radius 2 is 1.86 bits per heavy atom. The average Bonchev–Trinajstić information content (AvgIpc) is 3.49. The summed E-state index contributed by atoms with van der Waals surface area (Å²) in [5.41, 5.74) is 7.87. The van der Waals surface area contributed by atoms with Gasteiger partial charge < -0.3 is 20.6 Å². The Bertz CT molecular complexity index is 1570. The Balaban J connectivity index is 1.39. The number of rotatable bonds is 6. The van der Waals surface area contributed by atoms with Crippen molar-refractivity contribution < 1.29 is 18.0 Å². The lowest BCUT2D eigenvalue weighted by Crippen LogP contribution is -2.10. The van der Waals surface area contributed by atoms with E-state index in [9.17, 15) is 18.0 Å². The van der Waals surface area contributed by atoms with Crippen LogP contribution in [0.5, 0.6) is 0 Å². The molecule has 0 bridgehead atoms. The summed E-state index contributed by atoms with van der Waals surface area (Å²) in [6.45, 7) is 0.376. The molecule has 0 aliphatic heterocycles. The molecule has 182 valence electrons. The summed E-state index contributed by atoms with van der Waals surface area (Å²) >= 11 is 0. The van der Waals surface area contributed by atoms with E-state index in [1.807, 2.05) is 0 Å². The molecule has 0 atom stereocenters. The number of hydrogen-bond acceptors (Lipinski definition) is 6. The van der Waals surface area contributed by atoms with Gasteiger partial charge in [-0.15, -0.1) is 0 Å². The van der Waals surface area contributed by atoms with Gasteiger partial charge in [0, 0.05) is 36.5 Å². The van der Waals surface area contributed by atoms with Crippen LogP contribution in [-0.4, -0.2) is 35.4 Å². The van der Waals surface area contributed by atoms with Gasteiger partial charge in [-0.2, -0.15) is 13.2 Å². The zero-order valence-electron chi connectivity index (χ0n) is 18.8. The zero-order chi connectivity index (χ0) is 25.4. The van der Waals surface area contributed by atoms with Crippen LogP contribution in [0.15, 0.2) is 61.1 Å². The fourth-order valence-corrected chi connectivity index (χ4v) is 3.73. The number of benzene rings is 2. The number of nitrogens with two attached hydrogens (primary N) is 1. The summed E-state index contributed by atoms with van der Waals surface area (Å²) in [6, 6.07) is 13.7. The van der Waals surface area contributed by atoms with Crippen molar-refractivity contribution in [1.82, 2.24) is 29.5 Å².